The molecule has 0 saturated carbocycles. The van der Waals surface area contributed by atoms with Crippen LogP contribution in [0.5, 0.6) is 0 Å². The van der Waals surface area contributed by atoms with Gasteiger partial charge in [-0.3, -0.25) is 9.59 Å². The van der Waals surface area contributed by atoms with E-state index >= 15 is 0 Å². The highest BCUT2D eigenvalue weighted by atomic mass is 16.6. The van der Waals surface area contributed by atoms with Crippen LogP contribution in [0.4, 0.5) is 0 Å². The van der Waals surface area contributed by atoms with Crippen LogP contribution < -0.4 is 0 Å². The molecule has 0 amide bonds. The van der Waals surface area contributed by atoms with E-state index in [1.165, 1.54) is 0 Å². The molecule has 0 aromatic carbocycles. The third-order valence-electron chi connectivity index (χ3n) is 2.60. The van der Waals surface area contributed by atoms with Crippen LogP contribution in [-0.4, -0.2) is 24.1 Å². The molecule has 1 heterocycles. The first-order chi connectivity index (χ1) is 7.80. The molecule has 0 aromatic rings. The molecule has 0 bridgehead atoms. The van der Waals surface area contributed by atoms with E-state index in [1.807, 2.05) is 20.8 Å². The Kier molecular flexibility index (Phi) is 6.85. The van der Waals surface area contributed by atoms with Crippen LogP contribution in [0.2, 0.25) is 0 Å². The predicted octanol–water partition coefficient (Wildman–Crippen LogP) is 2.70. The molecule has 4 nitrogen and oxygen atoms in total. The topological polar surface area (TPSA) is 52.6 Å². The van der Waals surface area contributed by atoms with Crippen LogP contribution in [0.25, 0.3) is 0 Å². The Morgan fingerprint density at radius 1 is 1.53 bits per heavy atom. The smallest absolute Gasteiger partial charge is 0.306 e. The van der Waals surface area contributed by atoms with Gasteiger partial charge in [-0.15, -0.1) is 0 Å². The van der Waals surface area contributed by atoms with Gasteiger partial charge in [-0.25, -0.2) is 0 Å². The summed E-state index contributed by atoms with van der Waals surface area (Å²) >= 11 is 0. The first-order valence-corrected chi connectivity index (χ1v) is 6.11. The second-order valence-corrected chi connectivity index (χ2v) is 5.28. The van der Waals surface area contributed by atoms with Gasteiger partial charge in [-0.1, -0.05) is 20.3 Å². The number of cyclic esters (lactones) is 1. The van der Waals surface area contributed by atoms with Gasteiger partial charge in [0.2, 0.25) is 0 Å². The van der Waals surface area contributed by atoms with E-state index in [-0.39, 0.29) is 17.7 Å². The Balaban J connectivity index is 0.000000325. The standard InChI is InChI=1S/C8H14O2.C5H10O2/c1-3-6(2)7-4-5-8(9)10-7;1-5(2,3)7-4-6/h6-7H,3-5H2,1-2H3;4H,1-3H3. The number of esters is 1. The molecule has 0 spiro atoms. The Morgan fingerprint density at radius 3 is 2.35 bits per heavy atom. The van der Waals surface area contributed by atoms with Gasteiger partial charge in [-0.05, 0) is 33.1 Å². The summed E-state index contributed by atoms with van der Waals surface area (Å²) in [5.41, 5.74) is -0.318. The molecule has 1 aliphatic rings. The molecular formula is C13H24O4. The number of hydrogen-bond acceptors (Lipinski definition) is 4. The average molecular weight is 244 g/mol. The van der Waals surface area contributed by atoms with Crippen molar-refractivity contribution in [3.63, 3.8) is 0 Å². The highest BCUT2D eigenvalue weighted by molar-refractivity contribution is 5.71. The lowest BCUT2D eigenvalue weighted by Gasteiger charge is -2.14. The monoisotopic (exact) mass is 244 g/mol. The van der Waals surface area contributed by atoms with Crippen molar-refractivity contribution in [2.75, 3.05) is 0 Å². The Labute approximate surface area is 104 Å². The SMILES string of the molecule is CC(C)(C)OC=O.CCC(C)C1CCC(=O)O1. The fourth-order valence-electron chi connectivity index (χ4n) is 1.35. The third kappa shape index (κ3) is 7.77. The molecule has 0 aliphatic carbocycles. The lowest BCUT2D eigenvalue weighted by molar-refractivity contribution is -0.143. The molecular weight excluding hydrogens is 220 g/mol. The minimum Gasteiger partial charge on any atom is -0.462 e. The van der Waals surface area contributed by atoms with E-state index < -0.39 is 0 Å². The van der Waals surface area contributed by atoms with Crippen LogP contribution in [0, 0.1) is 5.92 Å². The number of ether oxygens (including phenoxy) is 2. The summed E-state index contributed by atoms with van der Waals surface area (Å²) in [5, 5.41) is 0. The average Bonchev–Trinajstić information content (AvgIpc) is 2.63. The minimum absolute atomic E-state index is 0.0229. The van der Waals surface area contributed by atoms with Crippen molar-refractivity contribution in [3.8, 4) is 0 Å². The Morgan fingerprint density at radius 2 is 2.12 bits per heavy atom. The highest BCUT2D eigenvalue weighted by Crippen LogP contribution is 2.22. The summed E-state index contributed by atoms with van der Waals surface area (Å²) in [6.45, 7) is 10.2. The Bertz CT molecular complexity index is 242. The van der Waals surface area contributed by atoms with Crippen molar-refractivity contribution in [1.82, 2.24) is 0 Å². The van der Waals surface area contributed by atoms with Crippen molar-refractivity contribution in [2.45, 2.75) is 65.6 Å². The zero-order chi connectivity index (χ0) is 13.5. The third-order valence-corrected chi connectivity index (χ3v) is 2.60. The number of rotatable bonds is 3. The summed E-state index contributed by atoms with van der Waals surface area (Å²) in [7, 11) is 0. The molecule has 0 N–H and O–H groups in total. The number of hydrogen-bond donors (Lipinski definition) is 0. The van der Waals surface area contributed by atoms with Crippen molar-refractivity contribution in [1.29, 1.82) is 0 Å². The molecule has 2 atom stereocenters. The zero-order valence-corrected chi connectivity index (χ0v) is 11.5. The van der Waals surface area contributed by atoms with Crippen molar-refractivity contribution >= 4 is 12.4 Å². The second-order valence-electron chi connectivity index (χ2n) is 5.28. The predicted molar refractivity (Wildman–Crippen MR) is 65.5 cm³/mol. The normalized spacial score (nSPS) is 21.0. The summed E-state index contributed by atoms with van der Waals surface area (Å²) in [5.74, 6) is 0.511. The molecule has 4 heteroatoms. The van der Waals surface area contributed by atoms with E-state index in [9.17, 15) is 9.59 Å². The zero-order valence-electron chi connectivity index (χ0n) is 11.5. The fourth-order valence-corrected chi connectivity index (χ4v) is 1.35. The molecule has 1 saturated heterocycles. The molecule has 0 radical (unpaired) electrons. The van der Waals surface area contributed by atoms with Crippen LogP contribution in [0.1, 0.15) is 53.9 Å². The van der Waals surface area contributed by atoms with Gasteiger partial charge in [0.15, 0.2) is 0 Å². The maximum Gasteiger partial charge on any atom is 0.306 e. The fraction of sp³-hybridized carbons (Fsp3) is 0.846. The summed E-state index contributed by atoms with van der Waals surface area (Å²) in [4.78, 5) is 20.2. The van der Waals surface area contributed by atoms with Crippen molar-refractivity contribution < 1.29 is 19.1 Å². The minimum atomic E-state index is -0.318. The van der Waals surface area contributed by atoms with Crippen molar-refractivity contribution in [3.05, 3.63) is 0 Å². The quantitative estimate of drug-likeness (QED) is 0.566. The summed E-state index contributed by atoms with van der Waals surface area (Å²) < 4.78 is 9.62. The van der Waals surface area contributed by atoms with E-state index in [0.29, 0.717) is 18.8 Å². The molecule has 17 heavy (non-hydrogen) atoms. The van der Waals surface area contributed by atoms with E-state index in [2.05, 4.69) is 18.6 Å². The van der Waals surface area contributed by atoms with E-state index in [4.69, 9.17) is 4.74 Å². The number of carbonyl (C=O) groups excluding carboxylic acids is 2. The molecule has 0 aromatic heterocycles. The van der Waals surface area contributed by atoms with Gasteiger partial charge < -0.3 is 9.47 Å². The second kappa shape index (κ2) is 7.30. The molecule has 100 valence electrons. The number of carbonyl (C=O) groups is 2. The first kappa shape index (κ1) is 15.9. The van der Waals surface area contributed by atoms with Crippen LogP contribution in [0.3, 0.4) is 0 Å². The maximum atomic E-state index is 10.7. The lowest BCUT2D eigenvalue weighted by atomic mass is 10.00. The Hall–Kier alpha value is -1.06. The van der Waals surface area contributed by atoms with Gasteiger partial charge in [-0.2, -0.15) is 0 Å². The lowest BCUT2D eigenvalue weighted by Crippen LogP contribution is -2.17. The maximum absolute atomic E-state index is 10.7. The van der Waals surface area contributed by atoms with Gasteiger partial charge in [0.25, 0.3) is 6.47 Å². The molecule has 1 fully saturated rings. The van der Waals surface area contributed by atoms with Gasteiger partial charge in [0.1, 0.15) is 11.7 Å². The first-order valence-electron chi connectivity index (χ1n) is 6.11. The van der Waals surface area contributed by atoms with E-state index in [0.717, 1.165) is 12.8 Å². The molecule has 1 rings (SSSR count). The molecule has 2 unspecified atom stereocenters. The summed E-state index contributed by atoms with van der Waals surface area (Å²) in [6, 6.07) is 0. The highest BCUT2D eigenvalue weighted by Gasteiger charge is 2.26. The van der Waals surface area contributed by atoms with Crippen LogP contribution in [0.15, 0.2) is 0 Å². The molecule has 1 aliphatic heterocycles. The van der Waals surface area contributed by atoms with E-state index in [1.54, 1.807) is 0 Å². The van der Waals surface area contributed by atoms with Gasteiger partial charge in [0, 0.05) is 6.42 Å². The van der Waals surface area contributed by atoms with Crippen molar-refractivity contribution in [2.24, 2.45) is 5.92 Å². The van der Waals surface area contributed by atoms with Crippen LogP contribution >= 0.6 is 0 Å². The summed E-state index contributed by atoms with van der Waals surface area (Å²) in [6.07, 6.45) is 2.85. The van der Waals surface area contributed by atoms with Crippen LogP contribution in [-0.2, 0) is 19.1 Å². The largest absolute Gasteiger partial charge is 0.462 e. The van der Waals surface area contributed by atoms with Gasteiger partial charge >= 0.3 is 5.97 Å². The van der Waals surface area contributed by atoms with Gasteiger partial charge in [0.05, 0.1) is 0 Å².